The highest BCUT2D eigenvalue weighted by Gasteiger charge is 2.25. The molecule has 1 aliphatic rings. The van der Waals surface area contributed by atoms with Crippen molar-refractivity contribution in [1.29, 1.82) is 0 Å². The predicted molar refractivity (Wildman–Crippen MR) is 94.8 cm³/mol. The molecule has 0 bridgehead atoms. The molecule has 1 aromatic heterocycles. The maximum absolute atomic E-state index is 9.80. The van der Waals surface area contributed by atoms with Gasteiger partial charge in [0.25, 0.3) is 0 Å². The van der Waals surface area contributed by atoms with Crippen molar-refractivity contribution in [1.82, 2.24) is 9.97 Å². The number of hydrogen-bond acceptors (Lipinski definition) is 5. The van der Waals surface area contributed by atoms with Crippen LogP contribution in [0.25, 0.3) is 0 Å². The molecule has 2 unspecified atom stereocenters. The average molecular weight is 368 g/mol. The van der Waals surface area contributed by atoms with Crippen LogP contribution in [0.3, 0.4) is 0 Å². The van der Waals surface area contributed by atoms with Gasteiger partial charge in [-0.05, 0) is 24.5 Å². The monoisotopic (exact) mass is 367 g/mol. The lowest BCUT2D eigenvalue weighted by molar-refractivity contribution is 0.0966. The second kappa shape index (κ2) is 7.55. The van der Waals surface area contributed by atoms with Gasteiger partial charge in [0.1, 0.15) is 6.61 Å². The summed E-state index contributed by atoms with van der Waals surface area (Å²) in [4.78, 5) is 10.8. The summed E-state index contributed by atoms with van der Waals surface area (Å²) in [5, 5.41) is 10.9. The van der Waals surface area contributed by atoms with Gasteiger partial charge in [-0.15, -0.1) is 0 Å². The maximum Gasteiger partial charge on any atom is 0.225 e. The summed E-state index contributed by atoms with van der Waals surface area (Å²) in [6, 6.07) is 5.35. The molecule has 2 atom stereocenters. The first-order valence-corrected chi connectivity index (χ1v) is 8.61. The zero-order valence-electron chi connectivity index (χ0n) is 13.3. The largest absolute Gasteiger partial charge is 0.486 e. The van der Waals surface area contributed by atoms with Crippen molar-refractivity contribution in [3.8, 4) is 5.75 Å². The third-order valence-electron chi connectivity index (χ3n) is 4.20. The summed E-state index contributed by atoms with van der Waals surface area (Å²) in [7, 11) is 0. The standard InChI is InChI=1S/C17H19Cl2N3O2/c1-11-9-22(6-5-16(11)23)17-20-7-12(8-21-17)24-10-13-14(18)3-2-4-15(13)19/h2-4,7-8,11,16,23H,5-6,9-10H2,1H3. The van der Waals surface area contributed by atoms with Gasteiger partial charge in [0, 0.05) is 28.7 Å². The number of halogens is 2. The molecule has 128 valence electrons. The highest BCUT2D eigenvalue weighted by Crippen LogP contribution is 2.26. The summed E-state index contributed by atoms with van der Waals surface area (Å²) >= 11 is 12.3. The average Bonchev–Trinajstić information content (AvgIpc) is 2.57. The van der Waals surface area contributed by atoms with Crippen LogP contribution in [0, 0.1) is 5.92 Å². The number of benzene rings is 1. The van der Waals surface area contributed by atoms with Crippen LogP contribution in [-0.2, 0) is 6.61 Å². The lowest BCUT2D eigenvalue weighted by Crippen LogP contribution is -2.42. The van der Waals surface area contributed by atoms with Gasteiger partial charge in [-0.1, -0.05) is 36.2 Å². The SMILES string of the molecule is CC1CN(c2ncc(OCc3c(Cl)cccc3Cl)cn2)CCC1O. The molecular weight excluding hydrogens is 349 g/mol. The van der Waals surface area contributed by atoms with Crippen LogP contribution in [0.4, 0.5) is 5.95 Å². The van der Waals surface area contributed by atoms with Crippen LogP contribution in [0.2, 0.25) is 10.0 Å². The van der Waals surface area contributed by atoms with Gasteiger partial charge in [-0.25, -0.2) is 9.97 Å². The number of anilines is 1. The smallest absolute Gasteiger partial charge is 0.225 e. The zero-order valence-corrected chi connectivity index (χ0v) is 14.8. The minimum Gasteiger partial charge on any atom is -0.486 e. The van der Waals surface area contributed by atoms with E-state index in [-0.39, 0.29) is 18.6 Å². The van der Waals surface area contributed by atoms with E-state index < -0.39 is 0 Å². The third-order valence-corrected chi connectivity index (χ3v) is 4.91. The first kappa shape index (κ1) is 17.3. The number of aromatic nitrogens is 2. The topological polar surface area (TPSA) is 58.5 Å². The Morgan fingerprint density at radius 2 is 1.92 bits per heavy atom. The van der Waals surface area contributed by atoms with Crippen LogP contribution in [0.5, 0.6) is 5.75 Å². The Hall–Kier alpha value is -1.56. The highest BCUT2D eigenvalue weighted by atomic mass is 35.5. The van der Waals surface area contributed by atoms with Gasteiger partial charge in [0.2, 0.25) is 5.95 Å². The number of hydrogen-bond donors (Lipinski definition) is 1. The first-order chi connectivity index (χ1) is 11.5. The van der Waals surface area contributed by atoms with Crippen LogP contribution in [0.15, 0.2) is 30.6 Å². The van der Waals surface area contributed by atoms with E-state index >= 15 is 0 Å². The molecule has 0 saturated carbocycles. The Bertz CT molecular complexity index is 676. The van der Waals surface area contributed by atoms with Crippen molar-refractivity contribution in [2.75, 3.05) is 18.0 Å². The van der Waals surface area contributed by atoms with Gasteiger partial charge in [-0.2, -0.15) is 0 Å². The summed E-state index contributed by atoms with van der Waals surface area (Å²) in [5.41, 5.74) is 0.740. The molecule has 2 aromatic rings. The van der Waals surface area contributed by atoms with Crippen molar-refractivity contribution < 1.29 is 9.84 Å². The fraction of sp³-hybridized carbons (Fsp3) is 0.412. The minimum absolute atomic E-state index is 0.209. The normalized spacial score (nSPS) is 20.9. The summed E-state index contributed by atoms with van der Waals surface area (Å²) in [6.45, 7) is 3.79. The molecule has 0 spiro atoms. The molecule has 7 heteroatoms. The highest BCUT2D eigenvalue weighted by molar-refractivity contribution is 6.35. The molecule has 1 aliphatic heterocycles. The van der Waals surface area contributed by atoms with E-state index in [1.165, 1.54) is 0 Å². The van der Waals surface area contributed by atoms with Crippen LogP contribution >= 0.6 is 23.2 Å². The predicted octanol–water partition coefficient (Wildman–Crippen LogP) is 3.57. The Morgan fingerprint density at radius 3 is 2.54 bits per heavy atom. The first-order valence-electron chi connectivity index (χ1n) is 7.85. The molecule has 1 aromatic carbocycles. The third kappa shape index (κ3) is 3.91. The molecule has 0 aliphatic carbocycles. The number of aliphatic hydroxyl groups excluding tert-OH is 1. The maximum atomic E-state index is 9.80. The Kier molecular flexibility index (Phi) is 5.43. The number of ether oxygens (including phenoxy) is 1. The summed E-state index contributed by atoms with van der Waals surface area (Å²) < 4.78 is 5.68. The van der Waals surface area contributed by atoms with Gasteiger partial charge < -0.3 is 14.7 Å². The van der Waals surface area contributed by atoms with Crippen molar-refractivity contribution in [3.05, 3.63) is 46.2 Å². The molecule has 2 heterocycles. The molecule has 0 radical (unpaired) electrons. The summed E-state index contributed by atoms with van der Waals surface area (Å²) in [5.74, 6) is 1.41. The van der Waals surface area contributed by atoms with Gasteiger partial charge in [0.05, 0.1) is 18.5 Å². The van der Waals surface area contributed by atoms with Crippen molar-refractivity contribution in [3.63, 3.8) is 0 Å². The number of nitrogens with zero attached hydrogens (tertiary/aromatic N) is 3. The molecule has 1 saturated heterocycles. The Morgan fingerprint density at radius 1 is 1.25 bits per heavy atom. The lowest BCUT2D eigenvalue weighted by Gasteiger charge is -2.34. The second-order valence-electron chi connectivity index (χ2n) is 5.99. The molecule has 1 fully saturated rings. The quantitative estimate of drug-likeness (QED) is 0.894. The zero-order chi connectivity index (χ0) is 17.1. The minimum atomic E-state index is -0.246. The van der Waals surface area contributed by atoms with Crippen molar-refractivity contribution in [2.24, 2.45) is 5.92 Å². The molecule has 0 amide bonds. The number of piperidine rings is 1. The fourth-order valence-corrected chi connectivity index (χ4v) is 3.19. The van der Waals surface area contributed by atoms with E-state index in [1.54, 1.807) is 30.6 Å². The van der Waals surface area contributed by atoms with E-state index in [1.807, 2.05) is 6.92 Å². The Labute approximate surface area is 151 Å². The van der Waals surface area contributed by atoms with E-state index in [9.17, 15) is 5.11 Å². The van der Waals surface area contributed by atoms with Gasteiger partial charge in [0.15, 0.2) is 5.75 Å². The number of rotatable bonds is 4. The molecule has 24 heavy (non-hydrogen) atoms. The molecule has 5 nitrogen and oxygen atoms in total. The molecular formula is C17H19Cl2N3O2. The number of aliphatic hydroxyl groups is 1. The van der Waals surface area contributed by atoms with E-state index in [4.69, 9.17) is 27.9 Å². The molecule has 3 rings (SSSR count). The van der Waals surface area contributed by atoms with Crippen LogP contribution in [-0.4, -0.2) is 34.3 Å². The lowest BCUT2D eigenvalue weighted by atomic mass is 9.97. The Balaban J connectivity index is 1.63. The van der Waals surface area contributed by atoms with E-state index in [0.717, 1.165) is 25.1 Å². The van der Waals surface area contributed by atoms with Gasteiger partial charge >= 0.3 is 0 Å². The van der Waals surface area contributed by atoms with Crippen molar-refractivity contribution >= 4 is 29.2 Å². The van der Waals surface area contributed by atoms with Crippen molar-refractivity contribution in [2.45, 2.75) is 26.1 Å². The van der Waals surface area contributed by atoms with Crippen LogP contribution in [0.1, 0.15) is 18.9 Å². The fourth-order valence-electron chi connectivity index (χ4n) is 2.69. The summed E-state index contributed by atoms with van der Waals surface area (Å²) in [6.07, 6.45) is 3.77. The van der Waals surface area contributed by atoms with E-state index in [2.05, 4.69) is 14.9 Å². The second-order valence-corrected chi connectivity index (χ2v) is 6.80. The van der Waals surface area contributed by atoms with Gasteiger partial charge in [-0.3, -0.25) is 0 Å². The van der Waals surface area contributed by atoms with E-state index in [0.29, 0.717) is 21.7 Å². The van der Waals surface area contributed by atoms with Crippen LogP contribution < -0.4 is 9.64 Å². The molecule has 1 N–H and O–H groups in total.